The van der Waals surface area contributed by atoms with Gasteiger partial charge in [-0.05, 0) is 0 Å². The molecule has 0 saturated heterocycles. The van der Waals surface area contributed by atoms with Gasteiger partial charge >= 0.3 is 72.1 Å². The van der Waals surface area contributed by atoms with E-state index in [1.165, 1.54) is 0 Å². The molecule has 0 heterocycles. The minimum Gasteiger partial charge on any atom is 2.00 e. The molecule has 0 unspecified atom stereocenters. The zero-order valence-corrected chi connectivity index (χ0v) is 6.20. The topological polar surface area (TPSA) is 0 Å². The minimum atomic E-state index is 0. The third kappa shape index (κ3) is 8.87. The summed E-state index contributed by atoms with van der Waals surface area (Å²) >= 11 is 0. The standard InChI is InChI=1S/Co.Fe.Ni.Ti/q4*+2. The maximum absolute atomic E-state index is 0. The maximum atomic E-state index is 0. The van der Waals surface area contributed by atoms with Crippen molar-refractivity contribution in [2.24, 2.45) is 0 Å². The van der Waals surface area contributed by atoms with Gasteiger partial charge in [0.2, 0.25) is 0 Å². The van der Waals surface area contributed by atoms with Crippen LogP contribution in [0.4, 0.5) is 0 Å². The summed E-state index contributed by atoms with van der Waals surface area (Å²) in [7, 11) is 0. The third-order valence-corrected chi connectivity index (χ3v) is 0. The fraction of sp³-hybridized carbons (Fsp3) is 0. The van der Waals surface area contributed by atoms with Crippen LogP contribution in [0.1, 0.15) is 0 Å². The molecule has 23 valence electrons. The van der Waals surface area contributed by atoms with Crippen molar-refractivity contribution in [2.75, 3.05) is 0 Å². The van der Waals surface area contributed by atoms with Gasteiger partial charge < -0.3 is 0 Å². The molecule has 0 saturated carbocycles. The van der Waals surface area contributed by atoms with Gasteiger partial charge in [0.25, 0.3) is 0 Å². The van der Waals surface area contributed by atoms with Crippen molar-refractivity contribution in [1.82, 2.24) is 0 Å². The van der Waals surface area contributed by atoms with Crippen LogP contribution < -0.4 is 0 Å². The van der Waals surface area contributed by atoms with E-state index in [4.69, 9.17) is 0 Å². The van der Waals surface area contributed by atoms with Gasteiger partial charge in [-0.15, -0.1) is 0 Å². The average molecular weight is 221 g/mol. The largest absolute Gasteiger partial charge is 2.00 e. The summed E-state index contributed by atoms with van der Waals surface area (Å²) in [6.45, 7) is 0. The summed E-state index contributed by atoms with van der Waals surface area (Å²) in [5.74, 6) is 0. The molecule has 0 aliphatic carbocycles. The van der Waals surface area contributed by atoms with Crippen molar-refractivity contribution >= 4 is 0 Å². The van der Waals surface area contributed by atoms with Crippen LogP contribution in [-0.2, 0) is 72.1 Å². The van der Waals surface area contributed by atoms with Gasteiger partial charge in [-0.2, -0.15) is 0 Å². The van der Waals surface area contributed by atoms with Crippen LogP contribution in [-0.4, -0.2) is 0 Å². The van der Waals surface area contributed by atoms with Crippen LogP contribution in [0.25, 0.3) is 0 Å². The maximum Gasteiger partial charge on any atom is 2.00 e. The summed E-state index contributed by atoms with van der Waals surface area (Å²) < 4.78 is 0. The van der Waals surface area contributed by atoms with E-state index in [1.807, 2.05) is 0 Å². The predicted octanol–water partition coefficient (Wildman–Crippen LogP) is -0.0100. The van der Waals surface area contributed by atoms with Crippen molar-refractivity contribution in [3.8, 4) is 0 Å². The molecule has 0 aromatic carbocycles. The molecule has 0 aromatic rings. The Hall–Kier alpha value is 2.23. The SMILES string of the molecule is [Co+2].[Fe+2].[Ni+2].[Ti+2]. The van der Waals surface area contributed by atoms with Gasteiger partial charge in [-0.3, -0.25) is 0 Å². The molecule has 0 bridgehead atoms. The first-order chi connectivity index (χ1) is 0. The summed E-state index contributed by atoms with van der Waals surface area (Å²) in [6.07, 6.45) is 0. The van der Waals surface area contributed by atoms with E-state index < -0.39 is 0 Å². The van der Waals surface area contributed by atoms with Crippen LogP contribution in [0.3, 0.4) is 0 Å². The molecule has 0 nitrogen and oxygen atoms in total. The van der Waals surface area contributed by atoms with Crippen LogP contribution in [0, 0.1) is 0 Å². The number of rotatable bonds is 0. The monoisotopic (exact) mass is 221 g/mol. The second-order valence-corrected chi connectivity index (χ2v) is 0. The van der Waals surface area contributed by atoms with Crippen molar-refractivity contribution in [1.29, 1.82) is 0 Å². The van der Waals surface area contributed by atoms with Crippen molar-refractivity contribution in [3.63, 3.8) is 0 Å². The van der Waals surface area contributed by atoms with Gasteiger partial charge in [0.05, 0.1) is 0 Å². The molecule has 1 radical (unpaired) electrons. The van der Waals surface area contributed by atoms with E-state index in [2.05, 4.69) is 0 Å². The fourth-order valence-electron chi connectivity index (χ4n) is 0. The fourth-order valence-corrected chi connectivity index (χ4v) is 0. The summed E-state index contributed by atoms with van der Waals surface area (Å²) in [5, 5.41) is 0. The Morgan fingerprint density at radius 2 is 1.00 bits per heavy atom. The Kier molecular flexibility index (Phi) is 161. The Bertz CT molecular complexity index is 8.00. The van der Waals surface area contributed by atoms with Gasteiger partial charge in [0.1, 0.15) is 0 Å². The van der Waals surface area contributed by atoms with Crippen molar-refractivity contribution < 1.29 is 72.1 Å². The quantitative estimate of drug-likeness (QED) is 0.505. The summed E-state index contributed by atoms with van der Waals surface area (Å²) in [6, 6.07) is 0. The second kappa shape index (κ2) is 18.8. The molecule has 0 aromatic heterocycles. The van der Waals surface area contributed by atoms with Gasteiger partial charge in [0, 0.05) is 0 Å². The van der Waals surface area contributed by atoms with E-state index in [9.17, 15) is 0 Å². The Balaban J connectivity index is 0. The molecule has 0 aliphatic heterocycles. The molecule has 0 atom stereocenters. The molecular weight excluding hydrogens is 221 g/mol. The first-order valence-corrected chi connectivity index (χ1v) is 0. The Labute approximate surface area is 71.3 Å². The van der Waals surface area contributed by atoms with Crippen LogP contribution in [0.5, 0.6) is 0 Å². The van der Waals surface area contributed by atoms with Crippen molar-refractivity contribution in [2.45, 2.75) is 0 Å². The van der Waals surface area contributed by atoms with Gasteiger partial charge in [-0.1, -0.05) is 0 Å². The predicted molar refractivity (Wildman–Crippen MR) is 0 cm³/mol. The molecule has 0 N–H and O–H groups in total. The molecule has 0 fully saturated rings. The van der Waals surface area contributed by atoms with E-state index >= 15 is 0 Å². The Morgan fingerprint density at radius 3 is 1.00 bits per heavy atom. The molecule has 0 spiro atoms. The average Bonchev–Trinajstić information content (AvgIpc) is 0. The van der Waals surface area contributed by atoms with Crippen LogP contribution in [0.15, 0.2) is 0 Å². The molecule has 4 heteroatoms. The zero-order chi connectivity index (χ0) is 0. The molecule has 4 heavy (non-hydrogen) atoms. The first-order valence-electron chi connectivity index (χ1n) is 0. The summed E-state index contributed by atoms with van der Waals surface area (Å²) in [5.41, 5.74) is 0. The number of hydrogen-bond acceptors (Lipinski definition) is 0. The number of hydrogen-bond donors (Lipinski definition) is 0. The van der Waals surface area contributed by atoms with Crippen molar-refractivity contribution in [3.05, 3.63) is 0 Å². The zero-order valence-electron chi connectivity index (χ0n) is 1.50. The molecular formula is CoFeNiTi+8. The van der Waals surface area contributed by atoms with E-state index in [1.54, 1.807) is 0 Å². The molecule has 0 rings (SSSR count). The smallest absolute Gasteiger partial charge is 2.00 e. The first kappa shape index (κ1) is 34.2. The van der Waals surface area contributed by atoms with Crippen LogP contribution >= 0.6 is 0 Å². The Morgan fingerprint density at radius 1 is 1.00 bits per heavy atom. The van der Waals surface area contributed by atoms with E-state index in [0.717, 1.165) is 0 Å². The van der Waals surface area contributed by atoms with Gasteiger partial charge in [-0.25, -0.2) is 0 Å². The molecule has 0 amide bonds. The van der Waals surface area contributed by atoms with Crippen LogP contribution in [0.2, 0.25) is 0 Å². The molecule has 0 aliphatic rings. The third-order valence-electron chi connectivity index (χ3n) is 0. The van der Waals surface area contributed by atoms with E-state index in [-0.39, 0.29) is 72.1 Å². The van der Waals surface area contributed by atoms with Gasteiger partial charge in [0.15, 0.2) is 0 Å². The summed E-state index contributed by atoms with van der Waals surface area (Å²) in [4.78, 5) is 0. The normalized spacial score (nSPS) is 0. The second-order valence-electron chi connectivity index (χ2n) is 0. The van der Waals surface area contributed by atoms with E-state index in [0.29, 0.717) is 0 Å². The minimum absolute atomic E-state index is 0.